The van der Waals surface area contributed by atoms with Gasteiger partial charge in [-0.25, -0.2) is 0 Å². The number of benzene rings is 1. The molecule has 1 aromatic heterocycles. The van der Waals surface area contributed by atoms with Crippen LogP contribution in [0.5, 0.6) is 0 Å². The van der Waals surface area contributed by atoms with E-state index in [2.05, 4.69) is 45.0 Å². The highest BCUT2D eigenvalue weighted by Gasteiger charge is 2.21. The molecule has 1 aliphatic rings. The second kappa shape index (κ2) is 3.99. The fraction of sp³-hybridized carbons (Fsp3) is 0.375. The van der Waals surface area contributed by atoms with E-state index >= 15 is 0 Å². The first-order chi connectivity index (χ1) is 8.19. The minimum atomic E-state index is 0.619. The van der Waals surface area contributed by atoms with Crippen molar-refractivity contribution in [1.82, 2.24) is 0 Å². The first-order valence-corrected chi connectivity index (χ1v) is 7.25. The molecule has 0 spiro atoms. The van der Waals surface area contributed by atoms with Crippen LogP contribution in [0.25, 0.3) is 11.1 Å². The summed E-state index contributed by atoms with van der Waals surface area (Å²) in [7, 11) is 0. The van der Waals surface area contributed by atoms with Crippen LogP contribution in [0.15, 0.2) is 24.3 Å². The summed E-state index contributed by atoms with van der Waals surface area (Å²) in [4.78, 5) is 3.09. The lowest BCUT2D eigenvalue weighted by atomic mass is 9.97. The highest BCUT2D eigenvalue weighted by Crippen LogP contribution is 2.42. The van der Waals surface area contributed by atoms with Crippen LogP contribution in [-0.4, -0.2) is 0 Å². The molecule has 17 heavy (non-hydrogen) atoms. The van der Waals surface area contributed by atoms with Crippen molar-refractivity contribution in [2.45, 2.75) is 39.5 Å². The molecule has 0 N–H and O–H groups in total. The number of rotatable bonds is 2. The van der Waals surface area contributed by atoms with E-state index in [4.69, 9.17) is 0 Å². The highest BCUT2D eigenvalue weighted by molar-refractivity contribution is 7.12. The van der Waals surface area contributed by atoms with Gasteiger partial charge < -0.3 is 0 Å². The molecule has 3 rings (SSSR count). The number of hydrogen-bond acceptors (Lipinski definition) is 1. The summed E-state index contributed by atoms with van der Waals surface area (Å²) in [5.74, 6) is 0.619. The van der Waals surface area contributed by atoms with Crippen molar-refractivity contribution in [3.63, 3.8) is 0 Å². The Labute approximate surface area is 107 Å². The fourth-order valence-electron chi connectivity index (χ4n) is 2.55. The van der Waals surface area contributed by atoms with E-state index in [1.54, 1.807) is 4.88 Å². The average molecular weight is 242 g/mol. The summed E-state index contributed by atoms with van der Waals surface area (Å²) in [6, 6.07) is 9.41. The molecule has 0 atom stereocenters. The molecular formula is C16H18S. The van der Waals surface area contributed by atoms with Crippen molar-refractivity contribution in [2.75, 3.05) is 0 Å². The van der Waals surface area contributed by atoms with Gasteiger partial charge in [0, 0.05) is 16.2 Å². The SMILES string of the molecule is CCc1cc2c(s1)Cc1ccc(C(C)C)cc1-2. The fourth-order valence-corrected chi connectivity index (χ4v) is 3.69. The molecule has 0 radical (unpaired) electrons. The minimum Gasteiger partial charge on any atom is -0.144 e. The molecule has 2 aromatic rings. The lowest BCUT2D eigenvalue weighted by Gasteiger charge is -2.08. The van der Waals surface area contributed by atoms with Crippen LogP contribution in [-0.2, 0) is 12.8 Å². The third kappa shape index (κ3) is 1.73. The van der Waals surface area contributed by atoms with Crippen LogP contribution < -0.4 is 0 Å². The topological polar surface area (TPSA) is 0 Å². The Morgan fingerprint density at radius 1 is 1.18 bits per heavy atom. The summed E-state index contributed by atoms with van der Waals surface area (Å²) in [5, 5.41) is 0. The van der Waals surface area contributed by atoms with E-state index < -0.39 is 0 Å². The third-order valence-electron chi connectivity index (χ3n) is 3.65. The predicted octanol–water partition coefficient (Wildman–Crippen LogP) is 5.01. The second-order valence-corrected chi connectivity index (χ2v) is 6.37. The Hall–Kier alpha value is -1.08. The number of aryl methyl sites for hydroxylation is 1. The van der Waals surface area contributed by atoms with Crippen molar-refractivity contribution in [3.05, 3.63) is 45.1 Å². The molecule has 1 aliphatic carbocycles. The van der Waals surface area contributed by atoms with Gasteiger partial charge in [-0.05, 0) is 40.7 Å². The maximum Gasteiger partial charge on any atom is 0.0171 e. The highest BCUT2D eigenvalue weighted by atomic mass is 32.1. The Bertz CT molecular complexity index is 561. The largest absolute Gasteiger partial charge is 0.144 e. The van der Waals surface area contributed by atoms with Gasteiger partial charge in [0.25, 0.3) is 0 Å². The maximum absolute atomic E-state index is 2.40. The van der Waals surface area contributed by atoms with E-state index in [9.17, 15) is 0 Å². The molecule has 0 saturated heterocycles. The van der Waals surface area contributed by atoms with Crippen LogP contribution in [0.4, 0.5) is 0 Å². The molecular weight excluding hydrogens is 224 g/mol. The van der Waals surface area contributed by atoms with Crippen molar-refractivity contribution in [2.24, 2.45) is 0 Å². The molecule has 1 aromatic carbocycles. The molecule has 1 heterocycles. The molecule has 0 nitrogen and oxygen atoms in total. The Morgan fingerprint density at radius 2 is 2.00 bits per heavy atom. The lowest BCUT2D eigenvalue weighted by molar-refractivity contribution is 0.866. The van der Waals surface area contributed by atoms with E-state index in [-0.39, 0.29) is 0 Å². The standard InChI is InChI=1S/C16H18S/c1-4-13-9-15-14-7-11(10(2)3)5-6-12(14)8-16(15)17-13/h5-7,9-10H,4,8H2,1-3H3. The molecule has 0 fully saturated rings. The molecule has 0 saturated carbocycles. The van der Waals surface area contributed by atoms with Crippen LogP contribution in [0, 0.1) is 0 Å². The Kier molecular flexibility index (Phi) is 2.59. The lowest BCUT2D eigenvalue weighted by Crippen LogP contribution is -1.89. The summed E-state index contributed by atoms with van der Waals surface area (Å²) in [5.41, 5.74) is 5.96. The minimum absolute atomic E-state index is 0.619. The number of thiophene rings is 1. The molecule has 1 heteroatoms. The zero-order valence-electron chi connectivity index (χ0n) is 10.7. The van der Waals surface area contributed by atoms with Gasteiger partial charge in [0.1, 0.15) is 0 Å². The van der Waals surface area contributed by atoms with E-state index in [0.29, 0.717) is 5.92 Å². The van der Waals surface area contributed by atoms with Crippen LogP contribution in [0.3, 0.4) is 0 Å². The van der Waals surface area contributed by atoms with Crippen molar-refractivity contribution < 1.29 is 0 Å². The normalized spacial score (nSPS) is 12.9. The molecule has 88 valence electrons. The molecule has 0 unspecified atom stereocenters. The second-order valence-electron chi connectivity index (χ2n) is 5.15. The zero-order valence-corrected chi connectivity index (χ0v) is 11.5. The van der Waals surface area contributed by atoms with Gasteiger partial charge in [-0.15, -0.1) is 11.3 Å². The number of hydrogen-bond donors (Lipinski definition) is 0. The van der Waals surface area contributed by atoms with Crippen LogP contribution in [0.2, 0.25) is 0 Å². The van der Waals surface area contributed by atoms with Gasteiger partial charge in [0.15, 0.2) is 0 Å². The van der Waals surface area contributed by atoms with Gasteiger partial charge in [-0.2, -0.15) is 0 Å². The molecule has 0 amide bonds. The van der Waals surface area contributed by atoms with Crippen molar-refractivity contribution in [3.8, 4) is 11.1 Å². The molecule has 0 bridgehead atoms. The van der Waals surface area contributed by atoms with E-state index in [1.807, 2.05) is 11.3 Å². The first kappa shape index (κ1) is 11.0. The Balaban J connectivity index is 2.12. The van der Waals surface area contributed by atoms with Gasteiger partial charge in [0.2, 0.25) is 0 Å². The van der Waals surface area contributed by atoms with Gasteiger partial charge >= 0.3 is 0 Å². The summed E-state index contributed by atoms with van der Waals surface area (Å²) >= 11 is 1.99. The summed E-state index contributed by atoms with van der Waals surface area (Å²) in [6.45, 7) is 6.78. The monoisotopic (exact) mass is 242 g/mol. The van der Waals surface area contributed by atoms with E-state index in [0.717, 1.165) is 12.8 Å². The average Bonchev–Trinajstić information content (AvgIpc) is 2.84. The first-order valence-electron chi connectivity index (χ1n) is 6.43. The zero-order chi connectivity index (χ0) is 12.0. The van der Waals surface area contributed by atoms with Crippen molar-refractivity contribution >= 4 is 11.3 Å². The third-order valence-corrected chi connectivity index (χ3v) is 4.93. The quantitative estimate of drug-likeness (QED) is 0.593. The molecule has 0 aliphatic heterocycles. The predicted molar refractivity (Wildman–Crippen MR) is 76.0 cm³/mol. The Morgan fingerprint density at radius 3 is 2.71 bits per heavy atom. The summed E-state index contributed by atoms with van der Waals surface area (Å²) in [6.07, 6.45) is 2.31. The smallest absolute Gasteiger partial charge is 0.0171 e. The summed E-state index contributed by atoms with van der Waals surface area (Å²) < 4.78 is 0. The van der Waals surface area contributed by atoms with Crippen LogP contribution in [0.1, 0.15) is 47.6 Å². The van der Waals surface area contributed by atoms with Gasteiger partial charge in [-0.3, -0.25) is 0 Å². The number of fused-ring (bicyclic) bond motifs is 3. The van der Waals surface area contributed by atoms with Gasteiger partial charge in [0.05, 0.1) is 0 Å². The van der Waals surface area contributed by atoms with Crippen LogP contribution >= 0.6 is 11.3 Å². The van der Waals surface area contributed by atoms with Crippen molar-refractivity contribution in [1.29, 1.82) is 0 Å². The van der Waals surface area contributed by atoms with Gasteiger partial charge in [-0.1, -0.05) is 39.0 Å². The maximum atomic E-state index is 2.40. The van der Waals surface area contributed by atoms with E-state index in [1.165, 1.54) is 27.1 Å².